The average Bonchev–Trinajstić information content (AvgIpc) is 2.31. The van der Waals surface area contributed by atoms with Gasteiger partial charge in [-0.05, 0) is 32.1 Å². The van der Waals surface area contributed by atoms with Crippen LogP contribution in [-0.4, -0.2) is 25.2 Å². The van der Waals surface area contributed by atoms with Crippen molar-refractivity contribution in [1.29, 1.82) is 0 Å². The molecule has 0 aromatic carbocycles. The summed E-state index contributed by atoms with van der Waals surface area (Å²) in [6, 6.07) is 0. The smallest absolute Gasteiger partial charge is 0.251 e. The summed E-state index contributed by atoms with van der Waals surface area (Å²) in [6.45, 7) is 6.71. The van der Waals surface area contributed by atoms with Gasteiger partial charge in [-0.3, -0.25) is 4.79 Å². The van der Waals surface area contributed by atoms with Crippen molar-refractivity contribution < 1.29 is 9.53 Å². The molecule has 1 aliphatic rings. The highest BCUT2D eigenvalue weighted by Crippen LogP contribution is 2.29. The van der Waals surface area contributed by atoms with E-state index in [-0.39, 0.29) is 5.91 Å². The van der Waals surface area contributed by atoms with Gasteiger partial charge in [0.15, 0.2) is 0 Å². The monoisotopic (exact) mass is 241 g/mol. The summed E-state index contributed by atoms with van der Waals surface area (Å²) in [7, 11) is 1.57. The molecule has 0 aromatic rings. The van der Waals surface area contributed by atoms with Crippen LogP contribution in [0.25, 0.3) is 0 Å². The molecule has 3 nitrogen and oxygen atoms in total. The van der Waals surface area contributed by atoms with Gasteiger partial charge in [0.1, 0.15) is 5.60 Å². The zero-order valence-electron chi connectivity index (χ0n) is 11.7. The van der Waals surface area contributed by atoms with Crippen molar-refractivity contribution in [2.24, 2.45) is 11.8 Å². The number of amides is 1. The van der Waals surface area contributed by atoms with Gasteiger partial charge in [-0.1, -0.05) is 32.6 Å². The van der Waals surface area contributed by atoms with Gasteiger partial charge in [-0.25, -0.2) is 0 Å². The molecule has 0 radical (unpaired) electrons. The first kappa shape index (κ1) is 14.5. The van der Waals surface area contributed by atoms with Crippen LogP contribution in [0.1, 0.15) is 52.9 Å². The topological polar surface area (TPSA) is 38.3 Å². The zero-order valence-corrected chi connectivity index (χ0v) is 11.7. The summed E-state index contributed by atoms with van der Waals surface area (Å²) in [5.74, 6) is 1.69. The summed E-state index contributed by atoms with van der Waals surface area (Å²) in [5.41, 5.74) is -0.707. The van der Waals surface area contributed by atoms with Crippen LogP contribution in [-0.2, 0) is 9.53 Å². The maximum atomic E-state index is 11.8. The molecule has 0 bridgehead atoms. The van der Waals surface area contributed by atoms with Gasteiger partial charge in [0.05, 0.1) is 0 Å². The Labute approximate surface area is 105 Å². The fourth-order valence-corrected chi connectivity index (χ4v) is 2.31. The molecule has 0 aromatic heterocycles. The van der Waals surface area contributed by atoms with E-state index in [1.54, 1.807) is 21.0 Å². The van der Waals surface area contributed by atoms with Crippen LogP contribution in [0.4, 0.5) is 0 Å². The van der Waals surface area contributed by atoms with Crippen molar-refractivity contribution in [3.8, 4) is 0 Å². The second-order valence-electron chi connectivity index (χ2n) is 5.88. The van der Waals surface area contributed by atoms with Crippen molar-refractivity contribution in [2.75, 3.05) is 13.7 Å². The van der Waals surface area contributed by atoms with Gasteiger partial charge in [-0.2, -0.15) is 0 Å². The highest BCUT2D eigenvalue weighted by Gasteiger charge is 2.26. The quantitative estimate of drug-likeness (QED) is 0.803. The molecule has 100 valence electrons. The van der Waals surface area contributed by atoms with E-state index in [1.807, 2.05) is 0 Å². The van der Waals surface area contributed by atoms with E-state index in [2.05, 4.69) is 12.2 Å². The molecule has 1 fully saturated rings. The third-order valence-electron chi connectivity index (χ3n) is 4.03. The summed E-state index contributed by atoms with van der Waals surface area (Å²) in [6.07, 6.45) is 6.46. The van der Waals surface area contributed by atoms with Crippen molar-refractivity contribution in [3.05, 3.63) is 0 Å². The Morgan fingerprint density at radius 3 is 2.41 bits per heavy atom. The Balaban J connectivity index is 2.18. The second kappa shape index (κ2) is 6.39. The number of hydrogen-bond donors (Lipinski definition) is 1. The van der Waals surface area contributed by atoms with Crippen LogP contribution >= 0.6 is 0 Å². The highest BCUT2D eigenvalue weighted by molar-refractivity contribution is 5.84. The molecule has 0 atom stereocenters. The molecule has 1 N–H and O–H groups in total. The lowest BCUT2D eigenvalue weighted by atomic mass is 9.81. The maximum Gasteiger partial charge on any atom is 0.251 e. The summed E-state index contributed by atoms with van der Waals surface area (Å²) in [5, 5.41) is 2.97. The Bertz CT molecular complexity index is 243. The number of carbonyl (C=O) groups excluding carboxylic acids is 1. The molecule has 0 aliphatic heterocycles. The number of nitrogens with one attached hydrogen (secondary N) is 1. The van der Waals surface area contributed by atoms with Crippen molar-refractivity contribution in [1.82, 2.24) is 5.32 Å². The van der Waals surface area contributed by atoms with Gasteiger partial charge in [0, 0.05) is 13.7 Å². The second-order valence-corrected chi connectivity index (χ2v) is 5.88. The van der Waals surface area contributed by atoms with Gasteiger partial charge >= 0.3 is 0 Å². The third kappa shape index (κ3) is 4.66. The van der Waals surface area contributed by atoms with Crippen LogP contribution in [0.3, 0.4) is 0 Å². The molecule has 1 aliphatic carbocycles. The van der Waals surface area contributed by atoms with E-state index in [0.717, 1.165) is 24.8 Å². The molecule has 1 amide bonds. The lowest BCUT2D eigenvalue weighted by molar-refractivity contribution is -0.139. The minimum absolute atomic E-state index is 0.0100. The van der Waals surface area contributed by atoms with E-state index in [9.17, 15) is 4.79 Å². The summed E-state index contributed by atoms with van der Waals surface area (Å²) >= 11 is 0. The lowest BCUT2D eigenvalue weighted by Crippen LogP contribution is -2.44. The Morgan fingerprint density at radius 2 is 1.88 bits per heavy atom. The minimum Gasteiger partial charge on any atom is -0.369 e. The van der Waals surface area contributed by atoms with Gasteiger partial charge in [-0.15, -0.1) is 0 Å². The van der Waals surface area contributed by atoms with E-state index in [1.165, 1.54) is 25.7 Å². The number of ether oxygens (including phenoxy) is 1. The van der Waals surface area contributed by atoms with Crippen LogP contribution in [0.15, 0.2) is 0 Å². The highest BCUT2D eigenvalue weighted by atomic mass is 16.5. The number of rotatable bonds is 5. The lowest BCUT2D eigenvalue weighted by Gasteiger charge is -2.27. The van der Waals surface area contributed by atoms with Crippen LogP contribution < -0.4 is 5.32 Å². The van der Waals surface area contributed by atoms with Crippen LogP contribution in [0.5, 0.6) is 0 Å². The molecule has 0 saturated heterocycles. The minimum atomic E-state index is -0.707. The van der Waals surface area contributed by atoms with Crippen LogP contribution in [0, 0.1) is 11.8 Å². The van der Waals surface area contributed by atoms with Crippen molar-refractivity contribution >= 4 is 5.91 Å². The largest absolute Gasteiger partial charge is 0.369 e. The number of carbonyl (C=O) groups is 1. The third-order valence-corrected chi connectivity index (χ3v) is 4.03. The predicted molar refractivity (Wildman–Crippen MR) is 69.8 cm³/mol. The Hall–Kier alpha value is -0.570. The molecular weight excluding hydrogens is 214 g/mol. The molecule has 17 heavy (non-hydrogen) atoms. The first-order valence-corrected chi connectivity index (χ1v) is 6.79. The van der Waals surface area contributed by atoms with Crippen molar-refractivity contribution in [3.63, 3.8) is 0 Å². The SMILES string of the molecule is COC(C)(C)C(=O)NCCC1CCC(C)CC1. The van der Waals surface area contributed by atoms with E-state index < -0.39 is 5.60 Å². The molecule has 3 heteroatoms. The zero-order chi connectivity index (χ0) is 12.9. The molecule has 0 unspecified atom stereocenters. The summed E-state index contributed by atoms with van der Waals surface area (Å²) in [4.78, 5) is 11.8. The normalized spacial score (nSPS) is 25.6. The molecule has 1 saturated carbocycles. The van der Waals surface area contributed by atoms with E-state index >= 15 is 0 Å². The maximum absolute atomic E-state index is 11.8. The number of methoxy groups -OCH3 is 1. The van der Waals surface area contributed by atoms with Crippen molar-refractivity contribution in [2.45, 2.75) is 58.5 Å². The van der Waals surface area contributed by atoms with Gasteiger partial charge < -0.3 is 10.1 Å². The molecule has 1 rings (SSSR count). The van der Waals surface area contributed by atoms with E-state index in [0.29, 0.717) is 0 Å². The fraction of sp³-hybridized carbons (Fsp3) is 0.929. The van der Waals surface area contributed by atoms with Gasteiger partial charge in [0.2, 0.25) is 0 Å². The summed E-state index contributed by atoms with van der Waals surface area (Å²) < 4.78 is 5.14. The standard InChI is InChI=1S/C14H27NO2/c1-11-5-7-12(8-6-11)9-10-15-13(16)14(2,3)17-4/h11-12H,5-10H2,1-4H3,(H,15,16). The fourth-order valence-electron chi connectivity index (χ4n) is 2.31. The molecule has 0 heterocycles. The van der Waals surface area contributed by atoms with Gasteiger partial charge in [0.25, 0.3) is 5.91 Å². The first-order chi connectivity index (χ1) is 7.95. The molecule has 0 spiro atoms. The predicted octanol–water partition coefficient (Wildman–Crippen LogP) is 2.74. The Kier molecular flexibility index (Phi) is 5.44. The first-order valence-electron chi connectivity index (χ1n) is 6.79. The average molecular weight is 241 g/mol. The number of hydrogen-bond acceptors (Lipinski definition) is 2. The van der Waals surface area contributed by atoms with Crippen LogP contribution in [0.2, 0.25) is 0 Å². The van der Waals surface area contributed by atoms with E-state index in [4.69, 9.17) is 4.74 Å². The molecular formula is C14H27NO2. The Morgan fingerprint density at radius 1 is 1.29 bits per heavy atom.